The third-order valence-electron chi connectivity index (χ3n) is 4.01. The summed E-state index contributed by atoms with van der Waals surface area (Å²) in [6, 6.07) is 7.87. The molecule has 0 unspecified atom stereocenters. The van der Waals surface area contributed by atoms with Gasteiger partial charge in [-0.05, 0) is 31.4 Å². The van der Waals surface area contributed by atoms with Crippen LogP contribution in [0, 0.1) is 0 Å². The van der Waals surface area contributed by atoms with Gasteiger partial charge >= 0.3 is 0 Å². The van der Waals surface area contributed by atoms with Crippen molar-refractivity contribution in [2.75, 3.05) is 24.2 Å². The first-order valence-electron chi connectivity index (χ1n) is 8.53. The molecule has 0 saturated carbocycles. The molecule has 1 fully saturated rings. The van der Waals surface area contributed by atoms with Gasteiger partial charge in [0.25, 0.3) is 0 Å². The number of fused-ring (bicyclic) bond motifs is 1. The fraction of sp³-hybridized carbons (Fsp3) is 0.471. The summed E-state index contributed by atoms with van der Waals surface area (Å²) in [5.74, 6) is 1.78. The number of oxazole rings is 1. The Morgan fingerprint density at radius 1 is 1.28 bits per heavy atom. The quantitative estimate of drug-likeness (QED) is 0.470. The van der Waals surface area contributed by atoms with Crippen LogP contribution in [0.5, 0.6) is 0 Å². The Balaban J connectivity index is 1.19. The van der Waals surface area contributed by atoms with Crippen LogP contribution in [0.2, 0.25) is 0 Å². The second-order valence-corrected chi connectivity index (χ2v) is 8.24. The molecule has 4 rings (SSSR count). The van der Waals surface area contributed by atoms with Crippen LogP contribution in [-0.4, -0.2) is 40.2 Å². The molecule has 25 heavy (non-hydrogen) atoms. The van der Waals surface area contributed by atoms with E-state index in [1.54, 1.807) is 23.1 Å². The monoisotopic (exact) mass is 376 g/mol. The molecular formula is C17H20N4O2S2. The number of nitrogens with one attached hydrogen (secondary N) is 1. The van der Waals surface area contributed by atoms with Gasteiger partial charge in [0.2, 0.25) is 5.13 Å². The lowest BCUT2D eigenvalue weighted by molar-refractivity contribution is 0.120. The average Bonchev–Trinajstić information content (AvgIpc) is 3.37. The van der Waals surface area contributed by atoms with Gasteiger partial charge in [0.05, 0.1) is 6.10 Å². The van der Waals surface area contributed by atoms with Crippen molar-refractivity contribution in [2.24, 2.45) is 0 Å². The Kier molecular flexibility index (Phi) is 5.49. The smallest absolute Gasteiger partial charge is 0.206 e. The van der Waals surface area contributed by atoms with Crippen LogP contribution in [0.25, 0.3) is 11.1 Å². The molecule has 132 valence electrons. The number of rotatable bonds is 8. The minimum Gasteiger partial charge on any atom is -0.441 e. The Hall–Kier alpha value is -1.64. The summed E-state index contributed by atoms with van der Waals surface area (Å²) in [7, 11) is 0. The van der Waals surface area contributed by atoms with E-state index >= 15 is 0 Å². The summed E-state index contributed by atoms with van der Waals surface area (Å²) in [6.07, 6.45) is 4.43. The molecular weight excluding hydrogens is 356 g/mol. The molecule has 1 saturated heterocycles. The zero-order valence-electron chi connectivity index (χ0n) is 13.8. The van der Waals surface area contributed by atoms with Crippen molar-refractivity contribution in [1.82, 2.24) is 15.2 Å². The Morgan fingerprint density at radius 3 is 3.12 bits per heavy atom. The normalized spacial score (nSPS) is 17.4. The molecule has 0 spiro atoms. The SMILES string of the molecule is c1ccc2oc(CCCSc3nnc(NC[C@H]4CCCO4)s3)nc2c1. The lowest BCUT2D eigenvalue weighted by Crippen LogP contribution is -2.18. The molecule has 0 bridgehead atoms. The highest BCUT2D eigenvalue weighted by Gasteiger charge is 2.15. The molecule has 2 aromatic heterocycles. The maximum absolute atomic E-state index is 5.74. The Morgan fingerprint density at radius 2 is 2.24 bits per heavy atom. The summed E-state index contributed by atoms with van der Waals surface area (Å²) in [4.78, 5) is 4.50. The maximum Gasteiger partial charge on any atom is 0.206 e. The van der Waals surface area contributed by atoms with Crippen molar-refractivity contribution in [2.45, 2.75) is 36.1 Å². The van der Waals surface area contributed by atoms with Gasteiger partial charge in [0.15, 0.2) is 15.8 Å². The van der Waals surface area contributed by atoms with E-state index in [0.29, 0.717) is 6.10 Å². The zero-order valence-corrected chi connectivity index (χ0v) is 15.4. The fourth-order valence-electron chi connectivity index (χ4n) is 2.76. The molecule has 1 aliphatic rings. The molecule has 0 amide bonds. The number of anilines is 1. The van der Waals surface area contributed by atoms with Crippen molar-refractivity contribution < 1.29 is 9.15 Å². The zero-order chi connectivity index (χ0) is 16.9. The number of para-hydroxylation sites is 2. The predicted molar refractivity (Wildman–Crippen MR) is 100 cm³/mol. The third-order valence-corrected chi connectivity index (χ3v) is 6.11. The number of benzene rings is 1. The van der Waals surface area contributed by atoms with Gasteiger partial charge in [-0.1, -0.05) is 35.2 Å². The number of aromatic nitrogens is 3. The first kappa shape index (κ1) is 16.8. The van der Waals surface area contributed by atoms with Crippen molar-refractivity contribution >= 4 is 39.3 Å². The van der Waals surface area contributed by atoms with Crippen molar-refractivity contribution in [3.05, 3.63) is 30.2 Å². The van der Waals surface area contributed by atoms with Crippen molar-refractivity contribution in [3.8, 4) is 0 Å². The Bertz CT molecular complexity index is 781. The molecule has 3 heterocycles. The number of aryl methyl sites for hydroxylation is 1. The molecule has 8 heteroatoms. The van der Waals surface area contributed by atoms with Crippen LogP contribution >= 0.6 is 23.1 Å². The molecule has 3 aromatic rings. The van der Waals surface area contributed by atoms with Gasteiger partial charge in [-0.25, -0.2) is 4.98 Å². The van der Waals surface area contributed by atoms with Crippen molar-refractivity contribution in [1.29, 1.82) is 0 Å². The summed E-state index contributed by atoms with van der Waals surface area (Å²) in [5.41, 5.74) is 1.78. The first-order valence-corrected chi connectivity index (χ1v) is 10.3. The van der Waals surface area contributed by atoms with Gasteiger partial charge in [-0.3, -0.25) is 0 Å². The lowest BCUT2D eigenvalue weighted by atomic mass is 10.2. The van der Waals surface area contributed by atoms with Crippen LogP contribution < -0.4 is 5.32 Å². The van der Waals surface area contributed by atoms with Gasteiger partial charge in [0, 0.05) is 25.3 Å². The highest BCUT2D eigenvalue weighted by molar-refractivity contribution is 8.01. The molecule has 1 N–H and O–H groups in total. The minimum absolute atomic E-state index is 0.316. The van der Waals surface area contributed by atoms with Gasteiger partial charge in [0.1, 0.15) is 5.52 Å². The summed E-state index contributed by atoms with van der Waals surface area (Å²) < 4.78 is 12.3. The summed E-state index contributed by atoms with van der Waals surface area (Å²) >= 11 is 3.33. The van der Waals surface area contributed by atoms with Crippen LogP contribution in [0.15, 0.2) is 33.0 Å². The number of ether oxygens (including phenoxy) is 1. The van der Waals surface area contributed by atoms with Crippen LogP contribution in [0.4, 0.5) is 5.13 Å². The Labute approximate surface area is 154 Å². The molecule has 0 radical (unpaired) electrons. The second kappa shape index (κ2) is 8.16. The molecule has 1 aliphatic heterocycles. The van der Waals surface area contributed by atoms with E-state index in [0.717, 1.165) is 71.0 Å². The minimum atomic E-state index is 0.316. The molecule has 0 aliphatic carbocycles. The molecule has 6 nitrogen and oxygen atoms in total. The van der Waals surface area contributed by atoms with E-state index in [2.05, 4.69) is 20.5 Å². The van der Waals surface area contributed by atoms with Crippen LogP contribution in [0.3, 0.4) is 0 Å². The summed E-state index contributed by atoms with van der Waals surface area (Å²) in [5, 5.41) is 12.6. The van der Waals surface area contributed by atoms with E-state index < -0.39 is 0 Å². The number of hydrogen-bond acceptors (Lipinski definition) is 8. The highest BCUT2D eigenvalue weighted by Crippen LogP contribution is 2.27. The predicted octanol–water partition coefficient (Wildman–Crippen LogP) is 4.00. The topological polar surface area (TPSA) is 73.1 Å². The third kappa shape index (κ3) is 4.50. The highest BCUT2D eigenvalue weighted by atomic mass is 32.2. The largest absolute Gasteiger partial charge is 0.441 e. The lowest BCUT2D eigenvalue weighted by Gasteiger charge is -2.08. The van der Waals surface area contributed by atoms with Crippen LogP contribution in [0.1, 0.15) is 25.2 Å². The average molecular weight is 377 g/mol. The fourth-order valence-corrected chi connectivity index (χ4v) is 4.52. The standard InChI is InChI=1S/C17H20N4O2S2/c1-2-7-14-13(6-1)19-15(23-14)8-4-10-24-17-21-20-16(25-17)18-11-12-5-3-9-22-12/h1-2,6-7,12H,3-5,8-11H2,(H,18,20)/t12-/m1/s1. The van der Waals surface area contributed by atoms with Gasteiger partial charge in [-0.2, -0.15) is 0 Å². The van der Waals surface area contributed by atoms with E-state index in [4.69, 9.17) is 9.15 Å². The van der Waals surface area contributed by atoms with E-state index in [1.807, 2.05) is 24.3 Å². The first-order chi connectivity index (χ1) is 12.4. The van der Waals surface area contributed by atoms with E-state index in [9.17, 15) is 0 Å². The number of hydrogen-bond donors (Lipinski definition) is 1. The molecule has 1 aromatic carbocycles. The number of nitrogens with zero attached hydrogens (tertiary/aromatic N) is 3. The summed E-state index contributed by atoms with van der Waals surface area (Å²) in [6.45, 7) is 1.70. The van der Waals surface area contributed by atoms with Gasteiger partial charge < -0.3 is 14.5 Å². The van der Waals surface area contributed by atoms with Crippen LogP contribution in [-0.2, 0) is 11.2 Å². The van der Waals surface area contributed by atoms with E-state index in [-0.39, 0.29) is 0 Å². The van der Waals surface area contributed by atoms with E-state index in [1.165, 1.54) is 0 Å². The number of thioether (sulfide) groups is 1. The maximum atomic E-state index is 5.74. The van der Waals surface area contributed by atoms with Gasteiger partial charge in [-0.15, -0.1) is 10.2 Å². The molecule has 1 atom stereocenters. The second-order valence-electron chi connectivity index (χ2n) is 5.92. The van der Waals surface area contributed by atoms with Crippen molar-refractivity contribution in [3.63, 3.8) is 0 Å².